The molecule has 21 heavy (non-hydrogen) atoms. The minimum absolute atomic E-state index is 0.0854. The Labute approximate surface area is 126 Å². The van der Waals surface area contributed by atoms with Crippen LogP contribution < -0.4 is 4.72 Å². The van der Waals surface area contributed by atoms with E-state index in [0.29, 0.717) is 30.5 Å². The summed E-state index contributed by atoms with van der Waals surface area (Å²) in [6, 6.07) is 0. The van der Waals surface area contributed by atoms with E-state index in [0.717, 1.165) is 0 Å². The van der Waals surface area contributed by atoms with Gasteiger partial charge in [-0.3, -0.25) is 4.68 Å². The molecule has 0 amide bonds. The number of aliphatic hydroxyl groups excluding tert-OH is 1. The fraction of sp³-hybridized carbons (Fsp3) is 0.769. The minimum atomic E-state index is -3.61. The zero-order valence-corrected chi connectivity index (χ0v) is 13.9. The van der Waals surface area contributed by atoms with Crippen LogP contribution >= 0.6 is 0 Å². The van der Waals surface area contributed by atoms with Crippen molar-refractivity contribution in [2.75, 3.05) is 26.4 Å². The van der Waals surface area contributed by atoms with Crippen molar-refractivity contribution in [3.8, 4) is 0 Å². The largest absolute Gasteiger partial charge is 0.394 e. The van der Waals surface area contributed by atoms with Gasteiger partial charge in [0.05, 0.1) is 31.1 Å². The van der Waals surface area contributed by atoms with Crippen molar-refractivity contribution in [2.24, 2.45) is 5.92 Å². The van der Waals surface area contributed by atoms with Gasteiger partial charge >= 0.3 is 0 Å². The lowest BCUT2D eigenvalue weighted by Gasteiger charge is -2.09. The number of nitrogens with one attached hydrogen (secondary N) is 1. The predicted molar refractivity (Wildman–Crippen MR) is 79.6 cm³/mol. The number of aromatic nitrogens is 2. The molecule has 0 saturated heterocycles. The van der Waals surface area contributed by atoms with Crippen molar-refractivity contribution in [1.29, 1.82) is 0 Å². The van der Waals surface area contributed by atoms with Gasteiger partial charge in [0.25, 0.3) is 0 Å². The second kappa shape index (κ2) is 7.88. The predicted octanol–water partition coefficient (Wildman–Crippen LogP) is 0.443. The van der Waals surface area contributed by atoms with E-state index in [9.17, 15) is 8.42 Å². The molecule has 1 rings (SSSR count). The molecule has 8 heteroatoms. The summed E-state index contributed by atoms with van der Waals surface area (Å²) in [6.07, 6.45) is 0. The first-order chi connectivity index (χ1) is 9.79. The molecule has 1 aromatic heterocycles. The van der Waals surface area contributed by atoms with Crippen molar-refractivity contribution in [2.45, 2.75) is 39.1 Å². The van der Waals surface area contributed by atoms with Gasteiger partial charge in [-0.05, 0) is 19.8 Å². The zero-order chi connectivity index (χ0) is 16.0. The first-order valence-electron chi connectivity index (χ1n) is 7.02. The van der Waals surface area contributed by atoms with Gasteiger partial charge in [0.1, 0.15) is 4.90 Å². The van der Waals surface area contributed by atoms with Gasteiger partial charge in [-0.15, -0.1) is 0 Å². The molecule has 0 aromatic carbocycles. The molecule has 7 nitrogen and oxygen atoms in total. The number of hydrogen-bond acceptors (Lipinski definition) is 5. The van der Waals surface area contributed by atoms with Crippen LogP contribution in [0.3, 0.4) is 0 Å². The molecule has 0 bridgehead atoms. The third kappa shape index (κ3) is 5.06. The van der Waals surface area contributed by atoms with E-state index in [1.807, 2.05) is 13.8 Å². The molecule has 0 aliphatic rings. The van der Waals surface area contributed by atoms with Gasteiger partial charge in [0.15, 0.2) is 0 Å². The Morgan fingerprint density at radius 2 is 2.05 bits per heavy atom. The molecule has 0 fully saturated rings. The summed E-state index contributed by atoms with van der Waals surface area (Å²) in [5.41, 5.74) is 0.952. The average Bonchev–Trinajstić information content (AvgIpc) is 2.64. The molecule has 1 heterocycles. The number of rotatable bonds is 9. The van der Waals surface area contributed by atoms with Gasteiger partial charge in [-0.2, -0.15) is 5.10 Å². The molecule has 122 valence electrons. The second-order valence-electron chi connectivity index (χ2n) is 5.31. The van der Waals surface area contributed by atoms with Crippen LogP contribution in [-0.2, 0) is 21.3 Å². The molecular weight excluding hydrogens is 294 g/mol. The molecule has 0 saturated carbocycles. The first kappa shape index (κ1) is 18.1. The number of nitrogens with zero attached hydrogens (tertiary/aromatic N) is 2. The molecule has 1 aromatic rings. The van der Waals surface area contributed by atoms with Crippen molar-refractivity contribution in [3.63, 3.8) is 0 Å². The first-order valence-corrected chi connectivity index (χ1v) is 8.50. The van der Waals surface area contributed by atoms with E-state index < -0.39 is 10.0 Å². The van der Waals surface area contributed by atoms with E-state index in [-0.39, 0.29) is 24.6 Å². The molecule has 0 unspecified atom stereocenters. The maximum absolute atomic E-state index is 12.3. The lowest BCUT2D eigenvalue weighted by atomic mass is 10.2. The summed E-state index contributed by atoms with van der Waals surface area (Å²) in [5.74, 6) is 0.419. The van der Waals surface area contributed by atoms with E-state index in [4.69, 9.17) is 9.84 Å². The average molecular weight is 319 g/mol. The highest BCUT2D eigenvalue weighted by Gasteiger charge is 2.23. The van der Waals surface area contributed by atoms with Gasteiger partial charge in [-0.1, -0.05) is 13.8 Å². The van der Waals surface area contributed by atoms with E-state index >= 15 is 0 Å². The van der Waals surface area contributed by atoms with Crippen LogP contribution in [0, 0.1) is 19.8 Å². The van der Waals surface area contributed by atoms with E-state index in [1.54, 1.807) is 13.8 Å². The Balaban J connectivity index is 2.70. The zero-order valence-electron chi connectivity index (χ0n) is 13.1. The van der Waals surface area contributed by atoms with Gasteiger partial charge in [0.2, 0.25) is 10.0 Å². The fourth-order valence-electron chi connectivity index (χ4n) is 2.02. The molecule has 0 atom stereocenters. The minimum Gasteiger partial charge on any atom is -0.394 e. The Hall–Kier alpha value is -0.960. The Kier molecular flexibility index (Phi) is 6.79. The lowest BCUT2D eigenvalue weighted by molar-refractivity contribution is 0.114. The van der Waals surface area contributed by atoms with Crippen LogP contribution in [0.5, 0.6) is 0 Å². The number of aryl methyl sites for hydroxylation is 1. The summed E-state index contributed by atoms with van der Waals surface area (Å²) in [5, 5.41) is 13.1. The summed E-state index contributed by atoms with van der Waals surface area (Å²) in [7, 11) is -3.61. The number of ether oxygens (including phenoxy) is 1. The van der Waals surface area contributed by atoms with Crippen LogP contribution in [0.4, 0.5) is 0 Å². The summed E-state index contributed by atoms with van der Waals surface area (Å²) in [6.45, 7) is 8.74. The van der Waals surface area contributed by atoms with Crippen LogP contribution in [0.15, 0.2) is 4.90 Å². The molecule has 0 aliphatic carbocycles. The highest BCUT2D eigenvalue weighted by atomic mass is 32.2. The normalized spacial score (nSPS) is 12.3. The SMILES string of the molecule is Cc1nn(CCO)c(C)c1S(=O)(=O)NCCOCC(C)C. The Bertz CT molecular complexity index is 552. The third-order valence-electron chi connectivity index (χ3n) is 2.89. The molecular formula is C13H25N3O4S. The molecule has 0 spiro atoms. The van der Waals surface area contributed by atoms with Gasteiger partial charge in [0, 0.05) is 13.2 Å². The van der Waals surface area contributed by atoms with Crippen LogP contribution in [0.1, 0.15) is 25.2 Å². The number of aliphatic hydroxyl groups is 1. The van der Waals surface area contributed by atoms with Gasteiger partial charge < -0.3 is 9.84 Å². The van der Waals surface area contributed by atoms with Crippen molar-refractivity contribution < 1.29 is 18.3 Å². The second-order valence-corrected chi connectivity index (χ2v) is 7.02. The Morgan fingerprint density at radius 3 is 2.62 bits per heavy atom. The quantitative estimate of drug-likeness (QED) is 0.644. The summed E-state index contributed by atoms with van der Waals surface area (Å²) >= 11 is 0. The van der Waals surface area contributed by atoms with Crippen LogP contribution in [0.2, 0.25) is 0 Å². The summed E-state index contributed by atoms with van der Waals surface area (Å²) < 4.78 is 34.0. The van der Waals surface area contributed by atoms with Crippen molar-refractivity contribution >= 4 is 10.0 Å². The highest BCUT2D eigenvalue weighted by Crippen LogP contribution is 2.18. The van der Waals surface area contributed by atoms with Crippen LogP contribution in [0.25, 0.3) is 0 Å². The third-order valence-corrected chi connectivity index (χ3v) is 4.60. The summed E-state index contributed by atoms with van der Waals surface area (Å²) in [4.78, 5) is 0.180. The smallest absolute Gasteiger partial charge is 0.244 e. The van der Waals surface area contributed by atoms with E-state index in [1.165, 1.54) is 4.68 Å². The monoisotopic (exact) mass is 319 g/mol. The topological polar surface area (TPSA) is 93.5 Å². The maximum Gasteiger partial charge on any atom is 0.244 e. The number of sulfonamides is 1. The Morgan fingerprint density at radius 1 is 1.38 bits per heavy atom. The van der Waals surface area contributed by atoms with Crippen molar-refractivity contribution in [3.05, 3.63) is 11.4 Å². The molecule has 0 aliphatic heterocycles. The van der Waals surface area contributed by atoms with E-state index in [2.05, 4.69) is 9.82 Å². The van der Waals surface area contributed by atoms with Crippen molar-refractivity contribution in [1.82, 2.24) is 14.5 Å². The van der Waals surface area contributed by atoms with Gasteiger partial charge in [-0.25, -0.2) is 13.1 Å². The lowest BCUT2D eigenvalue weighted by Crippen LogP contribution is -2.28. The van der Waals surface area contributed by atoms with Crippen LogP contribution in [-0.4, -0.2) is 49.7 Å². The molecule has 2 N–H and O–H groups in total. The fourth-order valence-corrected chi connectivity index (χ4v) is 3.44. The standard InChI is InChI=1S/C13H25N3O4S/c1-10(2)9-20-8-5-14-21(18,19)13-11(3)15-16(6-7-17)12(13)4/h10,14,17H,5-9H2,1-4H3. The highest BCUT2D eigenvalue weighted by molar-refractivity contribution is 7.89. The maximum atomic E-state index is 12.3. The number of hydrogen-bond donors (Lipinski definition) is 2. The molecule has 0 radical (unpaired) electrons.